The Balaban J connectivity index is 0.00000541. The van der Waals surface area contributed by atoms with Crippen molar-refractivity contribution in [1.29, 1.82) is 0 Å². The number of anilines is 1. The van der Waals surface area contributed by atoms with Crippen molar-refractivity contribution in [2.75, 3.05) is 18.0 Å². The van der Waals surface area contributed by atoms with Gasteiger partial charge in [0.1, 0.15) is 26.8 Å². The number of rotatable bonds is 11. The molecule has 0 aromatic heterocycles. The molecule has 4 aromatic carbocycles. The zero-order valence-electron chi connectivity index (χ0n) is 27.4. The van der Waals surface area contributed by atoms with Gasteiger partial charge in [-0.1, -0.05) is 66.2 Å². The molecule has 0 radical (unpaired) electrons. The fourth-order valence-corrected chi connectivity index (χ4v) is 6.94. The number of benzene rings is 4. The van der Waals surface area contributed by atoms with Gasteiger partial charge in [0.05, 0.1) is 9.79 Å². The zero-order valence-corrected chi connectivity index (χ0v) is 31.8. The molecule has 0 saturated carbocycles. The first-order chi connectivity index (χ1) is 22.9. The molecule has 4 aromatic rings. The summed E-state index contributed by atoms with van der Waals surface area (Å²) in [6.07, 6.45) is 8.07. The van der Waals surface area contributed by atoms with Crippen LogP contribution >= 0.6 is 11.6 Å². The van der Waals surface area contributed by atoms with Gasteiger partial charge in [-0.05, 0) is 90.7 Å². The number of nitrogens with zero attached hydrogens (tertiary/aromatic N) is 2. The number of hydrogen-bond donors (Lipinski definition) is 0. The number of hydrogen-bond acceptors (Lipinski definition) is 7. The van der Waals surface area contributed by atoms with E-state index in [4.69, 9.17) is 11.6 Å². The van der Waals surface area contributed by atoms with Crippen molar-refractivity contribution in [2.24, 2.45) is 0 Å². The van der Waals surface area contributed by atoms with Crippen LogP contribution in [0.1, 0.15) is 36.1 Å². The minimum Gasteiger partial charge on any atom is -0.744 e. The summed E-state index contributed by atoms with van der Waals surface area (Å²) in [6.45, 7) is 6.17. The van der Waals surface area contributed by atoms with E-state index in [1.165, 1.54) is 24.3 Å². The third kappa shape index (κ3) is 9.68. The molecule has 12 heteroatoms. The molecule has 0 spiro atoms. The van der Waals surface area contributed by atoms with E-state index in [-0.39, 0.29) is 39.3 Å². The fourth-order valence-electron chi connectivity index (χ4n) is 5.63. The van der Waals surface area contributed by atoms with E-state index in [0.29, 0.717) is 42.3 Å². The van der Waals surface area contributed by atoms with E-state index in [9.17, 15) is 25.9 Å². The van der Waals surface area contributed by atoms with Gasteiger partial charge in [-0.25, -0.2) is 21.4 Å². The predicted molar refractivity (Wildman–Crippen MR) is 187 cm³/mol. The van der Waals surface area contributed by atoms with Crippen molar-refractivity contribution in [3.8, 4) is 0 Å². The summed E-state index contributed by atoms with van der Waals surface area (Å²) in [7, 11) is -9.10. The maximum atomic E-state index is 11.5. The average molecular weight is 725 g/mol. The van der Waals surface area contributed by atoms with Crippen LogP contribution in [0.3, 0.4) is 0 Å². The minimum atomic E-state index is -4.55. The first-order valence-corrected chi connectivity index (χ1v) is 18.5. The SMILES string of the molecule is CCN(Cc1cccc(S(=O)(=O)[O-])c1)c1ccc(C(=C2C=CC(=[N+](CC)Cc3cccc(S(=O)(=O)[O-])c3)C=C2)c2ccccc2Cl)cc1.[Na+]. The second kappa shape index (κ2) is 16.6. The van der Waals surface area contributed by atoms with Crippen molar-refractivity contribution in [3.63, 3.8) is 0 Å². The van der Waals surface area contributed by atoms with Crippen LogP contribution in [0.15, 0.2) is 137 Å². The Morgan fingerprint density at radius 1 is 0.735 bits per heavy atom. The molecule has 0 unspecified atom stereocenters. The first kappa shape index (κ1) is 38.5. The number of halogens is 1. The van der Waals surface area contributed by atoms with Gasteiger partial charge in [0.2, 0.25) is 0 Å². The molecule has 0 bridgehead atoms. The molecular formula is C37H34ClN2NaO6S2. The van der Waals surface area contributed by atoms with Crippen molar-refractivity contribution < 1.29 is 60.1 Å². The fraction of sp³-hybridized carbons (Fsp3) is 0.162. The molecule has 5 rings (SSSR count). The van der Waals surface area contributed by atoms with Crippen LogP contribution in [0, 0.1) is 0 Å². The Hall–Kier alpha value is -3.32. The summed E-state index contributed by atoms with van der Waals surface area (Å²) < 4.78 is 71.3. The molecule has 0 fully saturated rings. The number of allylic oxidation sites excluding steroid dienone is 5. The topological polar surface area (TPSA) is 121 Å². The van der Waals surface area contributed by atoms with Crippen LogP contribution in [-0.4, -0.2) is 49.3 Å². The quantitative estimate of drug-likeness (QED) is 0.131. The normalized spacial score (nSPS) is 12.8. The molecule has 0 saturated heterocycles. The molecule has 0 heterocycles. The van der Waals surface area contributed by atoms with Gasteiger partial charge >= 0.3 is 29.6 Å². The molecule has 0 aliphatic heterocycles. The van der Waals surface area contributed by atoms with Crippen LogP contribution in [0.2, 0.25) is 5.02 Å². The third-order valence-electron chi connectivity index (χ3n) is 8.07. The molecular weight excluding hydrogens is 691 g/mol. The summed E-state index contributed by atoms with van der Waals surface area (Å²) in [5.41, 5.74) is 6.97. The second-order valence-electron chi connectivity index (χ2n) is 11.2. The van der Waals surface area contributed by atoms with Gasteiger partial charge < -0.3 is 14.0 Å². The van der Waals surface area contributed by atoms with E-state index >= 15 is 0 Å². The largest absolute Gasteiger partial charge is 1.00 e. The summed E-state index contributed by atoms with van der Waals surface area (Å²) in [4.78, 5) is 1.59. The van der Waals surface area contributed by atoms with Gasteiger partial charge in [0.25, 0.3) is 0 Å². The Morgan fingerprint density at radius 3 is 1.86 bits per heavy atom. The van der Waals surface area contributed by atoms with Crippen molar-refractivity contribution >= 4 is 48.8 Å². The molecule has 49 heavy (non-hydrogen) atoms. The molecule has 0 amide bonds. The third-order valence-corrected chi connectivity index (χ3v) is 10.1. The monoisotopic (exact) mass is 724 g/mol. The van der Waals surface area contributed by atoms with Gasteiger partial charge in [0.15, 0.2) is 12.3 Å². The summed E-state index contributed by atoms with van der Waals surface area (Å²) in [5.74, 6) is 0. The van der Waals surface area contributed by atoms with E-state index in [0.717, 1.165) is 33.7 Å². The molecule has 1 aliphatic rings. The Bertz CT molecular complexity index is 2160. The van der Waals surface area contributed by atoms with Crippen molar-refractivity contribution in [2.45, 2.75) is 36.7 Å². The second-order valence-corrected chi connectivity index (χ2v) is 14.3. The molecule has 0 atom stereocenters. The predicted octanol–water partition coefficient (Wildman–Crippen LogP) is 3.78. The smallest absolute Gasteiger partial charge is 0.744 e. The Kier molecular flexibility index (Phi) is 13.0. The molecule has 1 aliphatic carbocycles. The van der Waals surface area contributed by atoms with Crippen LogP contribution < -0.4 is 34.5 Å². The minimum absolute atomic E-state index is 0. The van der Waals surface area contributed by atoms with Gasteiger partial charge in [-0.3, -0.25) is 0 Å². The molecule has 0 N–H and O–H groups in total. The first-order valence-electron chi connectivity index (χ1n) is 15.3. The van der Waals surface area contributed by atoms with Crippen LogP contribution in [0.5, 0.6) is 0 Å². The molecule has 248 valence electrons. The van der Waals surface area contributed by atoms with Crippen molar-refractivity contribution in [1.82, 2.24) is 0 Å². The molecule has 8 nitrogen and oxygen atoms in total. The van der Waals surface area contributed by atoms with E-state index in [1.807, 2.05) is 86.7 Å². The van der Waals surface area contributed by atoms with Crippen LogP contribution in [0.25, 0.3) is 5.57 Å². The maximum Gasteiger partial charge on any atom is 1.00 e. The maximum absolute atomic E-state index is 11.5. The van der Waals surface area contributed by atoms with E-state index in [2.05, 4.69) is 9.48 Å². The van der Waals surface area contributed by atoms with Gasteiger partial charge in [-0.15, -0.1) is 0 Å². The summed E-state index contributed by atoms with van der Waals surface area (Å²) >= 11 is 6.73. The van der Waals surface area contributed by atoms with Crippen LogP contribution in [0.4, 0.5) is 5.69 Å². The van der Waals surface area contributed by atoms with E-state index < -0.39 is 20.2 Å². The standard InChI is InChI=1S/C37H35ClN2O6S2.Na/c1-3-39(25-27-9-7-11-33(23-27)47(41,42)43)31-19-15-29(16-20-31)37(35-13-5-6-14-36(35)38)30-17-21-32(22-18-30)40(4-2)26-28-10-8-12-34(24-28)48(44,45)46;/h5-24H,3-4,25-26H2,1-2H3,(H-,41,42,43,44,45,46);/q;+1/p-1. The Morgan fingerprint density at radius 2 is 1.31 bits per heavy atom. The zero-order chi connectivity index (χ0) is 34.5. The van der Waals surface area contributed by atoms with Gasteiger partial charge in [-0.2, -0.15) is 0 Å². The van der Waals surface area contributed by atoms with Crippen LogP contribution in [-0.2, 0) is 33.3 Å². The summed E-state index contributed by atoms with van der Waals surface area (Å²) in [5, 5.41) is 0.604. The Labute approximate surface area is 315 Å². The van der Waals surface area contributed by atoms with E-state index in [1.54, 1.807) is 24.3 Å². The average Bonchev–Trinajstić information content (AvgIpc) is 3.07. The summed E-state index contributed by atoms with van der Waals surface area (Å²) in [6, 6.07) is 27.9. The van der Waals surface area contributed by atoms with Gasteiger partial charge in [0, 0.05) is 47.1 Å². The van der Waals surface area contributed by atoms with Crippen molar-refractivity contribution in [3.05, 3.63) is 154 Å².